The maximum Gasteiger partial charge on any atom is 0.277 e. The molecule has 0 N–H and O–H groups in total. The van der Waals surface area contributed by atoms with Crippen molar-refractivity contribution in [1.29, 1.82) is 0 Å². The van der Waals surface area contributed by atoms with Crippen LogP contribution in [0.2, 0.25) is 0 Å². The van der Waals surface area contributed by atoms with E-state index >= 15 is 0 Å². The summed E-state index contributed by atoms with van der Waals surface area (Å²) in [6, 6.07) is 9.69. The minimum atomic E-state index is 0.248. The van der Waals surface area contributed by atoms with Gasteiger partial charge in [0.05, 0.1) is 11.4 Å². The summed E-state index contributed by atoms with van der Waals surface area (Å²) in [5, 5.41) is 12.2. The van der Waals surface area contributed by atoms with E-state index in [0.717, 1.165) is 22.8 Å². The average molecular weight is 317 g/mol. The Morgan fingerprint density at radius 2 is 2.09 bits per heavy atom. The van der Waals surface area contributed by atoms with Crippen molar-refractivity contribution in [1.82, 2.24) is 15.4 Å². The van der Waals surface area contributed by atoms with Crippen LogP contribution in [0.1, 0.15) is 22.9 Å². The van der Waals surface area contributed by atoms with E-state index in [1.54, 1.807) is 0 Å². The Balaban J connectivity index is 1.52. The zero-order valence-corrected chi connectivity index (χ0v) is 13.1. The van der Waals surface area contributed by atoms with Crippen LogP contribution >= 0.6 is 11.8 Å². The van der Waals surface area contributed by atoms with E-state index in [2.05, 4.69) is 15.4 Å². The van der Waals surface area contributed by atoms with E-state index in [1.165, 1.54) is 11.8 Å². The topological polar surface area (TPSA) is 74.2 Å². The highest BCUT2D eigenvalue weighted by Crippen LogP contribution is 2.22. The highest BCUT2D eigenvalue weighted by atomic mass is 32.2. The van der Waals surface area contributed by atoms with Gasteiger partial charge < -0.3 is 13.7 Å². The van der Waals surface area contributed by atoms with Gasteiger partial charge >= 0.3 is 0 Å². The van der Waals surface area contributed by atoms with Gasteiger partial charge in [0.1, 0.15) is 11.5 Å². The number of thioether (sulfide) groups is 1. The van der Waals surface area contributed by atoms with Crippen LogP contribution in [-0.2, 0) is 12.4 Å². The number of nitrogens with zero attached hydrogens (tertiary/aromatic N) is 3. The van der Waals surface area contributed by atoms with E-state index in [-0.39, 0.29) is 6.61 Å². The Morgan fingerprint density at radius 1 is 1.18 bits per heavy atom. The van der Waals surface area contributed by atoms with Gasteiger partial charge in [-0.25, -0.2) is 0 Å². The van der Waals surface area contributed by atoms with Gasteiger partial charge in [0, 0.05) is 6.07 Å². The van der Waals surface area contributed by atoms with Crippen LogP contribution in [0.3, 0.4) is 0 Å². The van der Waals surface area contributed by atoms with E-state index in [0.29, 0.717) is 16.9 Å². The third-order valence-corrected chi connectivity index (χ3v) is 3.66. The van der Waals surface area contributed by atoms with Crippen molar-refractivity contribution < 1.29 is 13.7 Å². The molecule has 0 unspecified atom stereocenters. The summed E-state index contributed by atoms with van der Waals surface area (Å²) >= 11 is 1.40. The molecule has 0 aliphatic carbocycles. The molecule has 0 atom stereocenters. The van der Waals surface area contributed by atoms with Crippen LogP contribution in [-0.4, -0.2) is 15.4 Å². The molecule has 0 saturated heterocycles. The number of hydrogen-bond acceptors (Lipinski definition) is 7. The van der Waals surface area contributed by atoms with Gasteiger partial charge in [-0.3, -0.25) is 0 Å². The fourth-order valence-electron chi connectivity index (χ4n) is 1.82. The van der Waals surface area contributed by atoms with E-state index in [4.69, 9.17) is 13.7 Å². The Labute approximate surface area is 131 Å². The summed E-state index contributed by atoms with van der Waals surface area (Å²) in [6.07, 6.45) is 0. The fourth-order valence-corrected chi connectivity index (χ4v) is 2.48. The SMILES string of the molecule is Cc1cccc(OCc2nnc(SCc3cc(C)no3)o2)c1. The van der Waals surface area contributed by atoms with E-state index in [9.17, 15) is 0 Å². The summed E-state index contributed by atoms with van der Waals surface area (Å²) < 4.78 is 16.3. The molecule has 2 aromatic heterocycles. The second-order valence-corrected chi connectivity index (χ2v) is 5.72. The van der Waals surface area contributed by atoms with Crippen molar-refractivity contribution in [2.45, 2.75) is 31.4 Å². The first-order valence-electron chi connectivity index (χ1n) is 6.76. The van der Waals surface area contributed by atoms with Crippen LogP contribution in [0, 0.1) is 13.8 Å². The van der Waals surface area contributed by atoms with Gasteiger partial charge in [-0.15, -0.1) is 10.2 Å². The van der Waals surface area contributed by atoms with Gasteiger partial charge in [-0.1, -0.05) is 29.1 Å². The monoisotopic (exact) mass is 317 g/mol. The van der Waals surface area contributed by atoms with Crippen molar-refractivity contribution in [3.8, 4) is 5.75 Å². The first kappa shape index (κ1) is 14.6. The molecule has 0 aliphatic heterocycles. The fraction of sp³-hybridized carbons (Fsp3) is 0.267. The van der Waals surface area contributed by atoms with Crippen LogP contribution in [0.25, 0.3) is 0 Å². The minimum Gasteiger partial charge on any atom is -0.484 e. The number of aromatic nitrogens is 3. The van der Waals surface area contributed by atoms with Crippen LogP contribution in [0.5, 0.6) is 5.75 Å². The lowest BCUT2D eigenvalue weighted by molar-refractivity contribution is 0.252. The minimum absolute atomic E-state index is 0.248. The Morgan fingerprint density at radius 3 is 2.86 bits per heavy atom. The molecular weight excluding hydrogens is 302 g/mol. The third kappa shape index (κ3) is 3.88. The number of benzene rings is 1. The molecule has 0 fully saturated rings. The molecule has 3 aromatic rings. The first-order valence-corrected chi connectivity index (χ1v) is 7.74. The molecule has 0 spiro atoms. The van der Waals surface area contributed by atoms with Gasteiger partial charge in [-0.05, 0) is 31.5 Å². The summed E-state index contributed by atoms with van der Waals surface area (Å²) in [4.78, 5) is 0. The molecule has 0 aliphatic rings. The van der Waals surface area contributed by atoms with Crippen LogP contribution in [0.4, 0.5) is 0 Å². The van der Waals surface area contributed by atoms with Crippen LogP contribution < -0.4 is 4.74 Å². The van der Waals surface area contributed by atoms with Crippen molar-refractivity contribution in [3.63, 3.8) is 0 Å². The second-order valence-electron chi connectivity index (χ2n) is 4.79. The molecule has 0 amide bonds. The number of hydrogen-bond donors (Lipinski definition) is 0. The molecule has 22 heavy (non-hydrogen) atoms. The van der Waals surface area contributed by atoms with E-state index in [1.807, 2.05) is 44.2 Å². The molecular formula is C15H15N3O3S. The molecule has 3 rings (SSSR count). The molecule has 0 radical (unpaired) electrons. The maximum atomic E-state index is 5.62. The number of ether oxygens (including phenoxy) is 1. The smallest absolute Gasteiger partial charge is 0.277 e. The predicted octanol–water partition coefficient (Wildman–Crippen LogP) is 3.55. The molecule has 2 heterocycles. The zero-order valence-electron chi connectivity index (χ0n) is 12.3. The van der Waals surface area contributed by atoms with Gasteiger partial charge in [0.25, 0.3) is 11.1 Å². The Bertz CT molecular complexity index is 754. The van der Waals surface area contributed by atoms with Gasteiger partial charge in [-0.2, -0.15) is 0 Å². The summed E-state index contributed by atoms with van der Waals surface area (Å²) in [7, 11) is 0. The first-order chi connectivity index (χ1) is 10.7. The predicted molar refractivity (Wildman–Crippen MR) is 80.6 cm³/mol. The van der Waals surface area contributed by atoms with Crippen molar-refractivity contribution in [2.75, 3.05) is 0 Å². The molecule has 6 nitrogen and oxygen atoms in total. The van der Waals surface area contributed by atoms with Crippen molar-refractivity contribution in [2.24, 2.45) is 0 Å². The maximum absolute atomic E-state index is 5.62. The third-order valence-electron chi connectivity index (χ3n) is 2.81. The van der Waals surface area contributed by atoms with Crippen LogP contribution in [0.15, 0.2) is 44.5 Å². The molecule has 0 saturated carbocycles. The summed E-state index contributed by atoms with van der Waals surface area (Å²) in [5.41, 5.74) is 2.00. The van der Waals surface area contributed by atoms with Gasteiger partial charge in [0.2, 0.25) is 0 Å². The highest BCUT2D eigenvalue weighted by molar-refractivity contribution is 7.98. The zero-order chi connectivity index (χ0) is 15.4. The number of aryl methyl sites for hydroxylation is 2. The van der Waals surface area contributed by atoms with Gasteiger partial charge in [0.15, 0.2) is 6.61 Å². The van der Waals surface area contributed by atoms with Crippen molar-refractivity contribution >= 4 is 11.8 Å². The quantitative estimate of drug-likeness (QED) is 0.644. The second kappa shape index (κ2) is 6.65. The largest absolute Gasteiger partial charge is 0.484 e. The van der Waals surface area contributed by atoms with E-state index < -0.39 is 0 Å². The number of rotatable bonds is 6. The molecule has 0 bridgehead atoms. The highest BCUT2D eigenvalue weighted by Gasteiger charge is 2.09. The lowest BCUT2D eigenvalue weighted by Crippen LogP contribution is -1.95. The normalized spacial score (nSPS) is 10.8. The lowest BCUT2D eigenvalue weighted by atomic mass is 10.2. The summed E-state index contributed by atoms with van der Waals surface area (Å²) in [6.45, 7) is 4.14. The Kier molecular flexibility index (Phi) is 4.43. The molecule has 1 aromatic carbocycles. The molecule has 7 heteroatoms. The molecule has 114 valence electrons. The Hall–Kier alpha value is -2.28. The lowest BCUT2D eigenvalue weighted by Gasteiger charge is -2.03. The standard InChI is InChI=1S/C15H15N3O3S/c1-10-4-3-5-12(6-10)19-8-14-16-17-15(20-14)22-9-13-7-11(2)18-21-13/h3-7H,8-9H2,1-2H3. The average Bonchev–Trinajstić information content (AvgIpc) is 3.12. The van der Waals surface area contributed by atoms with Crippen molar-refractivity contribution in [3.05, 3.63) is 53.2 Å². The summed E-state index contributed by atoms with van der Waals surface area (Å²) in [5.74, 6) is 2.60.